The first-order valence-corrected chi connectivity index (χ1v) is 5.80. The van der Waals surface area contributed by atoms with Crippen LogP contribution in [-0.2, 0) is 15.0 Å². The number of ketones is 1. The third-order valence-corrected chi connectivity index (χ3v) is 3.06. The Kier molecular flexibility index (Phi) is 4.29. The maximum Gasteiger partial charge on any atom is 0.372 e. The summed E-state index contributed by atoms with van der Waals surface area (Å²) in [5.41, 5.74) is 0.0867. The first-order chi connectivity index (χ1) is 8.70. The van der Waals surface area contributed by atoms with Crippen molar-refractivity contribution in [2.75, 3.05) is 7.11 Å². The van der Waals surface area contributed by atoms with Crippen LogP contribution in [0.2, 0.25) is 0 Å². The van der Waals surface area contributed by atoms with Crippen molar-refractivity contribution in [3.8, 4) is 5.75 Å². The Morgan fingerprint density at radius 1 is 1.37 bits per heavy atom. The molecular formula is C14H17FO4. The maximum atomic E-state index is 14.0. The number of methoxy groups -OCH3 is 1. The Bertz CT molecular complexity index is 520. The second-order valence-electron chi connectivity index (χ2n) is 5.07. The summed E-state index contributed by atoms with van der Waals surface area (Å²) < 4.78 is 19.0. The van der Waals surface area contributed by atoms with Crippen LogP contribution in [0.15, 0.2) is 12.1 Å². The van der Waals surface area contributed by atoms with Gasteiger partial charge in [0.15, 0.2) is 11.6 Å². The number of ether oxygens (including phenoxy) is 1. The molecule has 0 aliphatic heterocycles. The molecule has 19 heavy (non-hydrogen) atoms. The number of Topliss-reactive ketones (excluding diaryl/α,β-unsaturated/α-hetero) is 1. The summed E-state index contributed by atoms with van der Waals surface area (Å²) >= 11 is 0. The zero-order valence-corrected chi connectivity index (χ0v) is 11.4. The quantitative estimate of drug-likeness (QED) is 0.833. The highest BCUT2D eigenvalue weighted by Crippen LogP contribution is 2.37. The van der Waals surface area contributed by atoms with E-state index in [1.807, 2.05) is 0 Å². The minimum atomic E-state index is -1.49. The fourth-order valence-corrected chi connectivity index (χ4v) is 1.96. The average Bonchev–Trinajstić information content (AvgIpc) is 2.31. The number of hydrogen-bond donors (Lipinski definition) is 1. The molecule has 0 atom stereocenters. The minimum absolute atomic E-state index is 0.0585. The van der Waals surface area contributed by atoms with E-state index in [1.165, 1.54) is 7.11 Å². The fraction of sp³-hybridized carbons (Fsp3) is 0.429. The summed E-state index contributed by atoms with van der Waals surface area (Å²) in [6.07, 6.45) is -0.221. The standard InChI is InChI=1S/C14H17FO4/c1-8-5-6-9(12(19-4)11(8)15)14(2,3)7-10(16)13(17)18/h5-6H,7H2,1-4H3,(H,17,18). The predicted octanol–water partition coefficient (Wildman–Crippen LogP) is 2.46. The Labute approximate surface area is 111 Å². The second-order valence-corrected chi connectivity index (χ2v) is 5.07. The van der Waals surface area contributed by atoms with Gasteiger partial charge in [0.05, 0.1) is 7.11 Å². The van der Waals surface area contributed by atoms with Crippen molar-refractivity contribution in [1.29, 1.82) is 0 Å². The SMILES string of the molecule is COc1c(C(C)(C)CC(=O)C(=O)O)ccc(C)c1F. The van der Waals surface area contributed by atoms with Gasteiger partial charge in [-0.1, -0.05) is 26.0 Å². The van der Waals surface area contributed by atoms with E-state index in [4.69, 9.17) is 9.84 Å². The molecule has 5 heteroatoms. The summed E-state index contributed by atoms with van der Waals surface area (Å²) in [7, 11) is 1.34. The van der Waals surface area contributed by atoms with Crippen molar-refractivity contribution in [3.63, 3.8) is 0 Å². The third kappa shape index (κ3) is 3.10. The zero-order chi connectivity index (χ0) is 14.8. The molecule has 104 valence electrons. The molecule has 0 saturated heterocycles. The molecule has 1 N–H and O–H groups in total. The van der Waals surface area contributed by atoms with Crippen molar-refractivity contribution < 1.29 is 23.8 Å². The zero-order valence-electron chi connectivity index (χ0n) is 11.4. The van der Waals surface area contributed by atoms with Crippen molar-refractivity contribution in [2.24, 2.45) is 0 Å². The van der Waals surface area contributed by atoms with E-state index in [0.29, 0.717) is 11.1 Å². The van der Waals surface area contributed by atoms with Crippen LogP contribution in [0.25, 0.3) is 0 Å². The van der Waals surface area contributed by atoms with Crippen LogP contribution >= 0.6 is 0 Å². The highest BCUT2D eigenvalue weighted by atomic mass is 19.1. The van der Waals surface area contributed by atoms with E-state index in [9.17, 15) is 14.0 Å². The third-order valence-electron chi connectivity index (χ3n) is 3.06. The van der Waals surface area contributed by atoms with Gasteiger partial charge in [-0.25, -0.2) is 9.18 Å². The van der Waals surface area contributed by atoms with Crippen LogP contribution in [0.3, 0.4) is 0 Å². The number of halogens is 1. The van der Waals surface area contributed by atoms with Gasteiger partial charge in [-0.2, -0.15) is 0 Å². The second kappa shape index (κ2) is 5.38. The van der Waals surface area contributed by atoms with E-state index in [-0.39, 0.29) is 12.2 Å². The number of carboxylic acids is 1. The molecule has 1 aromatic rings. The van der Waals surface area contributed by atoms with Crippen LogP contribution in [0.1, 0.15) is 31.4 Å². The van der Waals surface area contributed by atoms with E-state index >= 15 is 0 Å². The van der Waals surface area contributed by atoms with E-state index in [2.05, 4.69) is 0 Å². The maximum absolute atomic E-state index is 14.0. The molecule has 0 fully saturated rings. The van der Waals surface area contributed by atoms with Crippen LogP contribution < -0.4 is 4.74 Å². The molecule has 0 aromatic heterocycles. The molecule has 0 aliphatic rings. The van der Waals surface area contributed by atoms with Gasteiger partial charge in [-0.15, -0.1) is 0 Å². The molecule has 0 saturated carbocycles. The molecule has 0 radical (unpaired) electrons. The van der Waals surface area contributed by atoms with Gasteiger partial charge < -0.3 is 9.84 Å². The Balaban J connectivity index is 3.25. The van der Waals surface area contributed by atoms with Gasteiger partial charge in [0.2, 0.25) is 5.78 Å². The van der Waals surface area contributed by atoms with Crippen LogP contribution in [-0.4, -0.2) is 24.0 Å². The molecule has 0 aliphatic carbocycles. The summed E-state index contributed by atoms with van der Waals surface area (Å²) in [5, 5.41) is 8.66. The highest BCUT2D eigenvalue weighted by molar-refractivity contribution is 6.32. The lowest BCUT2D eigenvalue weighted by molar-refractivity contribution is -0.149. The highest BCUT2D eigenvalue weighted by Gasteiger charge is 2.31. The molecular weight excluding hydrogens is 251 g/mol. The smallest absolute Gasteiger partial charge is 0.372 e. The topological polar surface area (TPSA) is 63.6 Å². The molecule has 0 heterocycles. The van der Waals surface area contributed by atoms with Crippen molar-refractivity contribution in [1.82, 2.24) is 0 Å². The van der Waals surface area contributed by atoms with Gasteiger partial charge in [0.1, 0.15) is 0 Å². The number of benzene rings is 1. The summed E-state index contributed by atoms with van der Waals surface area (Å²) in [5.74, 6) is -2.83. The fourth-order valence-electron chi connectivity index (χ4n) is 1.96. The van der Waals surface area contributed by atoms with E-state index < -0.39 is 23.0 Å². The normalized spacial score (nSPS) is 11.2. The van der Waals surface area contributed by atoms with Gasteiger partial charge in [-0.05, 0) is 12.5 Å². The monoisotopic (exact) mass is 268 g/mol. The number of carboxylic acid groups (broad SMARTS) is 1. The number of carbonyl (C=O) groups excluding carboxylic acids is 1. The molecule has 0 bridgehead atoms. The molecule has 1 rings (SSSR count). The Morgan fingerprint density at radius 2 is 1.95 bits per heavy atom. The lowest BCUT2D eigenvalue weighted by Gasteiger charge is -2.26. The molecule has 0 spiro atoms. The van der Waals surface area contributed by atoms with E-state index in [1.54, 1.807) is 32.9 Å². The average molecular weight is 268 g/mol. The number of carbonyl (C=O) groups is 2. The minimum Gasteiger partial charge on any atom is -0.493 e. The number of hydrogen-bond acceptors (Lipinski definition) is 3. The molecule has 0 amide bonds. The first-order valence-electron chi connectivity index (χ1n) is 5.80. The number of aryl methyl sites for hydroxylation is 1. The van der Waals surface area contributed by atoms with Gasteiger partial charge in [0, 0.05) is 17.4 Å². The summed E-state index contributed by atoms with van der Waals surface area (Å²) in [4.78, 5) is 22.0. The first kappa shape index (κ1) is 15.1. The van der Waals surface area contributed by atoms with Crippen molar-refractivity contribution >= 4 is 11.8 Å². The van der Waals surface area contributed by atoms with Crippen LogP contribution in [0.5, 0.6) is 5.75 Å². The van der Waals surface area contributed by atoms with Gasteiger partial charge in [0.25, 0.3) is 0 Å². The largest absolute Gasteiger partial charge is 0.493 e. The van der Waals surface area contributed by atoms with E-state index in [0.717, 1.165) is 0 Å². The summed E-state index contributed by atoms with van der Waals surface area (Å²) in [6.45, 7) is 4.97. The molecule has 1 aromatic carbocycles. The molecule has 0 unspecified atom stereocenters. The lowest BCUT2D eigenvalue weighted by atomic mass is 9.79. The predicted molar refractivity (Wildman–Crippen MR) is 68.0 cm³/mol. The van der Waals surface area contributed by atoms with Crippen LogP contribution in [0, 0.1) is 12.7 Å². The van der Waals surface area contributed by atoms with Crippen molar-refractivity contribution in [2.45, 2.75) is 32.6 Å². The van der Waals surface area contributed by atoms with Crippen molar-refractivity contribution in [3.05, 3.63) is 29.1 Å². The Morgan fingerprint density at radius 3 is 2.42 bits per heavy atom. The number of rotatable bonds is 5. The lowest BCUT2D eigenvalue weighted by Crippen LogP contribution is -2.27. The van der Waals surface area contributed by atoms with Crippen LogP contribution in [0.4, 0.5) is 4.39 Å². The van der Waals surface area contributed by atoms with Gasteiger partial charge >= 0.3 is 5.97 Å². The Hall–Kier alpha value is -1.91. The summed E-state index contributed by atoms with van der Waals surface area (Å²) in [6, 6.07) is 3.24. The van der Waals surface area contributed by atoms with Gasteiger partial charge in [-0.3, -0.25) is 4.79 Å². The molecule has 4 nitrogen and oxygen atoms in total. The number of aliphatic carboxylic acids is 1.